The van der Waals surface area contributed by atoms with Crippen LogP contribution in [0.5, 0.6) is 0 Å². The summed E-state index contributed by atoms with van der Waals surface area (Å²) >= 11 is 1.85. The van der Waals surface area contributed by atoms with Crippen molar-refractivity contribution < 1.29 is 4.42 Å². The second kappa shape index (κ2) is 13.8. The van der Waals surface area contributed by atoms with Crippen LogP contribution in [0.3, 0.4) is 0 Å². The quantitative estimate of drug-likeness (QED) is 0.167. The number of anilines is 3. The third-order valence-corrected chi connectivity index (χ3v) is 13.7. The Bertz CT molecular complexity index is 3860. The van der Waals surface area contributed by atoms with Gasteiger partial charge in [0.25, 0.3) is 0 Å². The van der Waals surface area contributed by atoms with E-state index < -0.39 is 0 Å². The zero-order valence-corrected chi connectivity index (χ0v) is 34.3. The van der Waals surface area contributed by atoms with E-state index in [1.54, 1.807) is 0 Å². The average molecular weight is 809 g/mol. The predicted octanol–water partition coefficient (Wildman–Crippen LogP) is 17.0. The van der Waals surface area contributed by atoms with Crippen molar-refractivity contribution >= 4 is 103 Å². The number of rotatable bonds is 6. The largest absolute Gasteiger partial charge is 0.454 e. The lowest BCUT2D eigenvalue weighted by Gasteiger charge is -2.26. The molecular weight excluding hydrogens is 773 g/mol. The average Bonchev–Trinajstić information content (AvgIpc) is 4.02. The molecule has 10 aromatic carbocycles. The van der Waals surface area contributed by atoms with Crippen LogP contribution in [0.15, 0.2) is 223 Å². The molecule has 0 N–H and O–H groups in total. The molecule has 3 aromatic heterocycles. The first-order valence-electron chi connectivity index (χ1n) is 21.1. The molecule has 0 fully saturated rings. The van der Waals surface area contributed by atoms with Crippen molar-refractivity contribution in [3.05, 3.63) is 218 Å². The summed E-state index contributed by atoms with van der Waals surface area (Å²) in [4.78, 5) is 2.33. The van der Waals surface area contributed by atoms with E-state index in [1.807, 2.05) is 17.4 Å². The maximum absolute atomic E-state index is 6.66. The van der Waals surface area contributed by atoms with Crippen LogP contribution < -0.4 is 4.90 Å². The van der Waals surface area contributed by atoms with Gasteiger partial charge in [-0.2, -0.15) is 0 Å². The summed E-state index contributed by atoms with van der Waals surface area (Å²) in [5.74, 6) is 0. The summed E-state index contributed by atoms with van der Waals surface area (Å²) < 4.78 is 11.7. The van der Waals surface area contributed by atoms with Gasteiger partial charge in [0.1, 0.15) is 5.58 Å². The molecule has 0 saturated carbocycles. The number of hydrogen-bond donors (Lipinski definition) is 0. The molecule has 0 unspecified atom stereocenters. The molecule has 0 aliphatic carbocycles. The lowest BCUT2D eigenvalue weighted by Crippen LogP contribution is -2.10. The highest BCUT2D eigenvalue weighted by atomic mass is 32.1. The van der Waals surface area contributed by atoms with Crippen molar-refractivity contribution in [2.75, 3.05) is 4.90 Å². The molecule has 0 spiro atoms. The third kappa shape index (κ3) is 5.44. The molecule has 4 heteroatoms. The SMILES string of the molecule is c1ccc(-n2c3cc(-c4ccc(N(c5ccc(-c6ccc7sc8ccccc8c7c6)cc5)c5cccc6c5oc5ccccc56)cc4)ccc3c3ccc4ccccc4c32)cc1. The Kier molecular flexibility index (Phi) is 7.78. The summed E-state index contributed by atoms with van der Waals surface area (Å²) in [5.41, 5.74) is 13.1. The van der Waals surface area contributed by atoms with Gasteiger partial charge in [-0.3, -0.25) is 0 Å². The van der Waals surface area contributed by atoms with E-state index in [0.29, 0.717) is 0 Å². The van der Waals surface area contributed by atoms with Gasteiger partial charge >= 0.3 is 0 Å². The van der Waals surface area contributed by atoms with Crippen LogP contribution in [0.1, 0.15) is 0 Å². The monoisotopic (exact) mass is 808 g/mol. The molecule has 0 amide bonds. The van der Waals surface area contributed by atoms with Crippen molar-refractivity contribution in [3.8, 4) is 27.9 Å². The maximum atomic E-state index is 6.66. The van der Waals surface area contributed by atoms with Crippen molar-refractivity contribution in [3.63, 3.8) is 0 Å². The Morgan fingerprint density at radius 3 is 1.81 bits per heavy atom. The minimum absolute atomic E-state index is 0.864. The number of nitrogens with zero attached hydrogens (tertiary/aromatic N) is 2. The summed E-state index contributed by atoms with van der Waals surface area (Å²) in [6.07, 6.45) is 0. The van der Waals surface area contributed by atoms with Crippen LogP contribution >= 0.6 is 11.3 Å². The van der Waals surface area contributed by atoms with Crippen molar-refractivity contribution in [1.29, 1.82) is 0 Å². The Labute approximate surface area is 361 Å². The molecule has 13 rings (SSSR count). The zero-order valence-electron chi connectivity index (χ0n) is 33.5. The van der Waals surface area contributed by atoms with Gasteiger partial charge in [0, 0.05) is 64.2 Å². The number of aromatic nitrogens is 1. The Morgan fingerprint density at radius 2 is 1.00 bits per heavy atom. The standard InChI is InChI=1S/C58H36N2OS/c1-2-12-42(13-3-1)60-53-36-41(26-32-46(53)49-33-25-39-11-4-5-14-45(39)57(49)60)38-23-30-44(31-24-38)59(52-18-10-17-50-47-15-6-8-19-54(47)61-58(50)52)43-28-21-37(22-29-43)40-27-34-56-51(35-40)48-16-7-9-20-55(48)62-56/h1-36H. The maximum Gasteiger partial charge on any atom is 0.159 e. The van der Waals surface area contributed by atoms with E-state index in [4.69, 9.17) is 4.42 Å². The van der Waals surface area contributed by atoms with Crippen LogP contribution in [0, 0.1) is 0 Å². The highest BCUT2D eigenvalue weighted by Gasteiger charge is 2.21. The molecule has 0 atom stereocenters. The number of furan rings is 1. The Hall–Kier alpha value is -7.92. The molecule has 0 saturated heterocycles. The molecule has 290 valence electrons. The summed E-state index contributed by atoms with van der Waals surface area (Å²) in [6.45, 7) is 0. The van der Waals surface area contributed by atoms with Crippen LogP contribution in [0.2, 0.25) is 0 Å². The number of hydrogen-bond acceptors (Lipinski definition) is 3. The van der Waals surface area contributed by atoms with Crippen molar-refractivity contribution in [2.24, 2.45) is 0 Å². The summed E-state index contributed by atoms with van der Waals surface area (Å²) in [7, 11) is 0. The third-order valence-electron chi connectivity index (χ3n) is 12.6. The molecule has 3 nitrogen and oxygen atoms in total. The van der Waals surface area contributed by atoms with Crippen LogP contribution in [0.25, 0.3) is 103 Å². The van der Waals surface area contributed by atoms with Crippen LogP contribution in [-0.4, -0.2) is 4.57 Å². The number of fused-ring (bicyclic) bond motifs is 11. The fourth-order valence-corrected chi connectivity index (χ4v) is 10.7. The van der Waals surface area contributed by atoms with Gasteiger partial charge in [0.05, 0.1) is 16.7 Å². The number of para-hydroxylation sites is 3. The second-order valence-electron chi connectivity index (χ2n) is 16.1. The van der Waals surface area contributed by atoms with E-state index in [-0.39, 0.29) is 0 Å². The first-order valence-corrected chi connectivity index (χ1v) is 21.9. The number of thiophene rings is 1. The van der Waals surface area contributed by atoms with Gasteiger partial charge in [0.2, 0.25) is 0 Å². The molecule has 3 heterocycles. The molecule has 62 heavy (non-hydrogen) atoms. The summed E-state index contributed by atoms with van der Waals surface area (Å²) in [6, 6.07) is 79.2. The zero-order chi connectivity index (χ0) is 40.7. The second-order valence-corrected chi connectivity index (χ2v) is 17.2. The predicted molar refractivity (Wildman–Crippen MR) is 264 cm³/mol. The molecule has 0 aliphatic rings. The first kappa shape index (κ1) is 34.9. The van der Waals surface area contributed by atoms with Crippen LogP contribution in [0.4, 0.5) is 17.1 Å². The van der Waals surface area contributed by atoms with Gasteiger partial charge in [-0.25, -0.2) is 0 Å². The minimum Gasteiger partial charge on any atom is -0.454 e. The van der Waals surface area contributed by atoms with E-state index >= 15 is 0 Å². The number of benzene rings is 10. The van der Waals surface area contributed by atoms with Gasteiger partial charge in [-0.15, -0.1) is 11.3 Å². The smallest absolute Gasteiger partial charge is 0.159 e. The van der Waals surface area contributed by atoms with E-state index in [0.717, 1.165) is 50.3 Å². The van der Waals surface area contributed by atoms with Crippen LogP contribution in [-0.2, 0) is 0 Å². The fourth-order valence-electron chi connectivity index (χ4n) is 9.65. The van der Waals surface area contributed by atoms with Gasteiger partial charge in [-0.05, 0) is 100 Å². The molecule has 0 aliphatic heterocycles. The molecular formula is C58H36N2OS. The first-order chi connectivity index (χ1) is 30.7. The van der Waals surface area contributed by atoms with E-state index in [2.05, 4.69) is 222 Å². The van der Waals surface area contributed by atoms with Gasteiger partial charge in [-0.1, -0.05) is 146 Å². The fraction of sp³-hybridized carbons (Fsp3) is 0. The topological polar surface area (TPSA) is 21.3 Å². The molecule has 0 radical (unpaired) electrons. The molecule has 13 aromatic rings. The van der Waals surface area contributed by atoms with Gasteiger partial charge < -0.3 is 13.9 Å². The van der Waals surface area contributed by atoms with E-state index in [1.165, 1.54) is 69.4 Å². The van der Waals surface area contributed by atoms with Crippen molar-refractivity contribution in [1.82, 2.24) is 4.57 Å². The Balaban J connectivity index is 0.939. The lowest BCUT2D eigenvalue weighted by molar-refractivity contribution is 0.669. The highest BCUT2D eigenvalue weighted by Crippen LogP contribution is 2.44. The van der Waals surface area contributed by atoms with Crippen molar-refractivity contribution in [2.45, 2.75) is 0 Å². The molecule has 0 bridgehead atoms. The lowest BCUT2D eigenvalue weighted by atomic mass is 10.0. The van der Waals surface area contributed by atoms with E-state index in [9.17, 15) is 0 Å². The highest BCUT2D eigenvalue weighted by molar-refractivity contribution is 7.25. The van der Waals surface area contributed by atoms with Gasteiger partial charge in [0.15, 0.2) is 5.58 Å². The summed E-state index contributed by atoms with van der Waals surface area (Å²) in [5, 5.41) is 9.82. The minimum atomic E-state index is 0.864. The Morgan fingerprint density at radius 1 is 0.387 bits per heavy atom. The normalized spacial score (nSPS) is 11.9.